The van der Waals surface area contributed by atoms with E-state index in [4.69, 9.17) is 5.26 Å². The Balaban J connectivity index is 4.33. The van der Waals surface area contributed by atoms with E-state index in [9.17, 15) is 10.2 Å². The summed E-state index contributed by atoms with van der Waals surface area (Å²) in [5.74, 6) is 0. The van der Waals surface area contributed by atoms with Crippen molar-refractivity contribution in [2.75, 3.05) is 13.2 Å². The number of nitriles is 1. The number of nitrogens with zero attached hydrogens (tertiary/aromatic N) is 1. The zero-order valence-electron chi connectivity index (χ0n) is 8.95. The molecule has 0 fully saturated rings. The monoisotopic (exact) mass is 200 g/mol. The molecular formula is C10H20N2O2. The third kappa shape index (κ3) is 3.62. The summed E-state index contributed by atoms with van der Waals surface area (Å²) >= 11 is 0. The van der Waals surface area contributed by atoms with E-state index < -0.39 is 5.54 Å². The number of rotatable bonds is 7. The van der Waals surface area contributed by atoms with Gasteiger partial charge in [0.05, 0.1) is 31.2 Å². The number of aliphatic hydroxyl groups is 2. The fourth-order valence-corrected chi connectivity index (χ4v) is 1.31. The summed E-state index contributed by atoms with van der Waals surface area (Å²) in [5, 5.41) is 30.1. The summed E-state index contributed by atoms with van der Waals surface area (Å²) in [7, 11) is 0. The van der Waals surface area contributed by atoms with E-state index in [1.54, 1.807) is 0 Å². The van der Waals surface area contributed by atoms with Gasteiger partial charge in [0.25, 0.3) is 0 Å². The zero-order valence-corrected chi connectivity index (χ0v) is 8.95. The Kier molecular flexibility index (Phi) is 6.46. The van der Waals surface area contributed by atoms with Crippen LogP contribution < -0.4 is 5.32 Å². The van der Waals surface area contributed by atoms with Crippen LogP contribution in [0.2, 0.25) is 0 Å². The standard InChI is InChI=1S/C10H20N2O2/c1-3-9(5-6-11)12-10(4-2,7-13)8-14/h9,12-14H,3-5,7-8H2,1-2H3. The highest BCUT2D eigenvalue weighted by Gasteiger charge is 2.28. The molecule has 0 heterocycles. The highest BCUT2D eigenvalue weighted by Crippen LogP contribution is 2.12. The van der Waals surface area contributed by atoms with Crippen molar-refractivity contribution in [2.24, 2.45) is 0 Å². The number of aliphatic hydroxyl groups excluding tert-OH is 2. The summed E-state index contributed by atoms with van der Waals surface area (Å²) < 4.78 is 0. The second-order valence-corrected chi connectivity index (χ2v) is 3.56. The summed E-state index contributed by atoms with van der Waals surface area (Å²) in [4.78, 5) is 0. The quantitative estimate of drug-likeness (QED) is 0.556. The van der Waals surface area contributed by atoms with E-state index in [-0.39, 0.29) is 19.3 Å². The van der Waals surface area contributed by atoms with E-state index in [1.807, 2.05) is 13.8 Å². The van der Waals surface area contributed by atoms with Gasteiger partial charge in [-0.25, -0.2) is 0 Å². The smallest absolute Gasteiger partial charge is 0.0647 e. The van der Waals surface area contributed by atoms with Crippen LogP contribution in [-0.4, -0.2) is 35.0 Å². The van der Waals surface area contributed by atoms with Crippen molar-refractivity contribution in [3.8, 4) is 6.07 Å². The molecule has 4 nitrogen and oxygen atoms in total. The van der Waals surface area contributed by atoms with Gasteiger partial charge in [0.2, 0.25) is 0 Å². The Morgan fingerprint density at radius 3 is 2.21 bits per heavy atom. The average molecular weight is 200 g/mol. The van der Waals surface area contributed by atoms with Gasteiger partial charge in [-0.15, -0.1) is 0 Å². The van der Waals surface area contributed by atoms with Crippen molar-refractivity contribution in [3.63, 3.8) is 0 Å². The SMILES string of the molecule is CCC(CC#N)NC(CC)(CO)CO. The molecule has 0 aliphatic carbocycles. The largest absolute Gasteiger partial charge is 0.394 e. The molecule has 0 spiro atoms. The Bertz CT molecular complexity index is 177. The van der Waals surface area contributed by atoms with Crippen molar-refractivity contribution < 1.29 is 10.2 Å². The van der Waals surface area contributed by atoms with E-state index in [1.165, 1.54) is 0 Å². The fourth-order valence-electron chi connectivity index (χ4n) is 1.31. The molecule has 0 aromatic carbocycles. The van der Waals surface area contributed by atoms with E-state index in [2.05, 4.69) is 11.4 Å². The topological polar surface area (TPSA) is 76.3 Å². The van der Waals surface area contributed by atoms with Crippen LogP contribution in [0.1, 0.15) is 33.1 Å². The minimum atomic E-state index is -0.641. The first-order valence-corrected chi connectivity index (χ1v) is 5.04. The van der Waals surface area contributed by atoms with Crippen LogP contribution in [0, 0.1) is 11.3 Å². The molecule has 0 aromatic heterocycles. The minimum Gasteiger partial charge on any atom is -0.394 e. The maximum atomic E-state index is 9.18. The lowest BCUT2D eigenvalue weighted by Gasteiger charge is -2.33. The molecule has 0 amide bonds. The second-order valence-electron chi connectivity index (χ2n) is 3.56. The Labute approximate surface area is 85.6 Å². The van der Waals surface area contributed by atoms with Crippen LogP contribution in [0.15, 0.2) is 0 Å². The zero-order chi connectivity index (χ0) is 11.0. The van der Waals surface area contributed by atoms with Gasteiger partial charge in [-0.3, -0.25) is 0 Å². The van der Waals surface area contributed by atoms with Crippen LogP contribution in [-0.2, 0) is 0 Å². The first kappa shape index (κ1) is 13.4. The number of nitrogens with one attached hydrogen (secondary N) is 1. The van der Waals surface area contributed by atoms with Crippen molar-refractivity contribution in [1.82, 2.24) is 5.32 Å². The lowest BCUT2D eigenvalue weighted by atomic mass is 9.96. The van der Waals surface area contributed by atoms with Crippen molar-refractivity contribution >= 4 is 0 Å². The van der Waals surface area contributed by atoms with Crippen LogP contribution in [0.25, 0.3) is 0 Å². The van der Waals surface area contributed by atoms with Crippen molar-refractivity contribution in [1.29, 1.82) is 5.26 Å². The highest BCUT2D eigenvalue weighted by molar-refractivity contribution is 4.91. The van der Waals surface area contributed by atoms with E-state index in [0.29, 0.717) is 12.8 Å². The number of hydrogen-bond acceptors (Lipinski definition) is 4. The molecule has 1 atom stereocenters. The molecule has 0 radical (unpaired) electrons. The molecule has 0 aromatic rings. The van der Waals surface area contributed by atoms with E-state index >= 15 is 0 Å². The van der Waals surface area contributed by atoms with Gasteiger partial charge in [-0.2, -0.15) is 5.26 Å². The normalized spacial score (nSPS) is 13.6. The second kappa shape index (κ2) is 6.77. The number of hydrogen-bond donors (Lipinski definition) is 3. The third-order valence-electron chi connectivity index (χ3n) is 2.62. The first-order chi connectivity index (χ1) is 6.67. The van der Waals surface area contributed by atoms with Gasteiger partial charge in [0, 0.05) is 6.04 Å². The predicted molar refractivity (Wildman–Crippen MR) is 54.6 cm³/mol. The lowest BCUT2D eigenvalue weighted by Crippen LogP contribution is -2.55. The molecule has 1 unspecified atom stereocenters. The molecule has 0 aliphatic heterocycles. The molecule has 0 saturated carbocycles. The van der Waals surface area contributed by atoms with Crippen molar-refractivity contribution in [2.45, 2.75) is 44.7 Å². The van der Waals surface area contributed by atoms with Crippen LogP contribution in [0.5, 0.6) is 0 Å². The van der Waals surface area contributed by atoms with Gasteiger partial charge in [0.1, 0.15) is 0 Å². The summed E-state index contributed by atoms with van der Waals surface area (Å²) in [6.07, 6.45) is 1.86. The maximum Gasteiger partial charge on any atom is 0.0647 e. The predicted octanol–water partition coefficient (Wildman–Crippen LogP) is 0.402. The summed E-state index contributed by atoms with van der Waals surface area (Å²) in [5.41, 5.74) is -0.641. The summed E-state index contributed by atoms with van der Waals surface area (Å²) in [6.45, 7) is 3.66. The average Bonchev–Trinajstić information content (AvgIpc) is 2.25. The molecule has 3 N–H and O–H groups in total. The minimum absolute atomic E-state index is 0.0410. The molecule has 0 rings (SSSR count). The van der Waals surface area contributed by atoms with Gasteiger partial charge in [-0.1, -0.05) is 13.8 Å². The van der Waals surface area contributed by atoms with Crippen LogP contribution in [0.4, 0.5) is 0 Å². The third-order valence-corrected chi connectivity index (χ3v) is 2.62. The summed E-state index contributed by atoms with van der Waals surface area (Å²) in [6, 6.07) is 2.13. The highest BCUT2D eigenvalue weighted by atomic mass is 16.3. The fraction of sp³-hybridized carbons (Fsp3) is 0.900. The molecular weight excluding hydrogens is 180 g/mol. The van der Waals surface area contributed by atoms with Gasteiger partial charge >= 0.3 is 0 Å². The van der Waals surface area contributed by atoms with Gasteiger partial charge in [0.15, 0.2) is 0 Å². The molecule has 0 saturated heterocycles. The molecule has 82 valence electrons. The Hall–Kier alpha value is -0.630. The van der Waals surface area contributed by atoms with Gasteiger partial charge < -0.3 is 15.5 Å². The maximum absolute atomic E-state index is 9.18. The molecule has 4 heteroatoms. The van der Waals surface area contributed by atoms with Gasteiger partial charge in [-0.05, 0) is 12.8 Å². The Morgan fingerprint density at radius 1 is 1.36 bits per heavy atom. The van der Waals surface area contributed by atoms with Crippen LogP contribution >= 0.6 is 0 Å². The lowest BCUT2D eigenvalue weighted by molar-refractivity contribution is 0.0774. The molecule has 0 bridgehead atoms. The molecule has 0 aliphatic rings. The molecule has 14 heavy (non-hydrogen) atoms. The van der Waals surface area contributed by atoms with Crippen molar-refractivity contribution in [3.05, 3.63) is 0 Å². The van der Waals surface area contributed by atoms with Crippen LogP contribution in [0.3, 0.4) is 0 Å². The first-order valence-electron chi connectivity index (χ1n) is 5.04. The Morgan fingerprint density at radius 2 is 1.93 bits per heavy atom. The van der Waals surface area contributed by atoms with E-state index in [0.717, 1.165) is 6.42 Å².